The van der Waals surface area contributed by atoms with Crippen molar-refractivity contribution in [1.29, 1.82) is 0 Å². The Balaban J connectivity index is 1.52. The molecule has 2 fully saturated rings. The van der Waals surface area contributed by atoms with Gasteiger partial charge in [-0.3, -0.25) is 9.80 Å². The van der Waals surface area contributed by atoms with Crippen molar-refractivity contribution in [2.24, 2.45) is 11.5 Å². The van der Waals surface area contributed by atoms with Crippen LogP contribution in [0.5, 0.6) is 0 Å². The number of carbonyl (C=O) groups is 2. The zero-order chi connectivity index (χ0) is 26.8. The van der Waals surface area contributed by atoms with Gasteiger partial charge in [0.2, 0.25) is 0 Å². The quantitative estimate of drug-likeness (QED) is 0.489. The van der Waals surface area contributed by atoms with Gasteiger partial charge in [0, 0.05) is 54.7 Å². The Labute approximate surface area is 222 Å². The second kappa shape index (κ2) is 10.7. The third-order valence-corrected chi connectivity index (χ3v) is 7.16. The number of nitrogens with two attached hydrogens (primary N) is 2. The number of aromatic nitrogens is 2. The Kier molecular flexibility index (Phi) is 7.15. The van der Waals surface area contributed by atoms with Crippen molar-refractivity contribution < 1.29 is 14.3 Å². The molecule has 198 valence electrons. The SMILES string of the molecule is CCN(C(N)=O)c1ccc(-c2cc(N3CC4CCC(C3)O4)nc(-c3ccc(N(CC)C(N)=O)cc3)n2)cc1. The maximum absolute atomic E-state index is 11.8. The smallest absolute Gasteiger partial charge is 0.319 e. The molecule has 1 aromatic heterocycles. The van der Waals surface area contributed by atoms with E-state index in [2.05, 4.69) is 4.90 Å². The lowest BCUT2D eigenvalue weighted by atomic mass is 10.1. The molecule has 4 N–H and O–H groups in total. The van der Waals surface area contributed by atoms with E-state index in [9.17, 15) is 9.59 Å². The molecule has 10 heteroatoms. The fraction of sp³-hybridized carbons (Fsp3) is 0.357. The standard InChI is InChI=1S/C28H33N7O3/c1-3-34(27(29)36)20-9-5-18(6-10-20)24-15-25(33-16-22-13-14-23(17-33)38-22)32-26(31-24)19-7-11-21(12-8-19)35(4-2)28(30)37/h5-12,15,22-23H,3-4,13-14,16-17H2,1-2H3,(H2,29,36)(H2,30,37). The average molecular weight is 516 g/mol. The minimum atomic E-state index is -0.496. The predicted molar refractivity (Wildman–Crippen MR) is 148 cm³/mol. The molecule has 4 amide bonds. The second-order valence-corrected chi connectivity index (χ2v) is 9.56. The van der Waals surface area contributed by atoms with Gasteiger partial charge in [-0.05, 0) is 63.1 Å². The molecule has 3 aromatic rings. The highest BCUT2D eigenvalue weighted by atomic mass is 16.5. The molecule has 0 saturated carbocycles. The summed E-state index contributed by atoms with van der Waals surface area (Å²) in [6, 6.07) is 16.2. The zero-order valence-electron chi connectivity index (χ0n) is 21.7. The lowest BCUT2D eigenvalue weighted by Gasteiger charge is -2.33. The molecule has 0 spiro atoms. The number of benzene rings is 2. The Bertz CT molecular complexity index is 1220. The van der Waals surface area contributed by atoms with E-state index in [1.807, 2.05) is 68.4 Å². The minimum Gasteiger partial charge on any atom is -0.371 e. The number of hydrogen-bond donors (Lipinski definition) is 2. The molecule has 3 heterocycles. The van der Waals surface area contributed by atoms with Gasteiger partial charge >= 0.3 is 12.1 Å². The van der Waals surface area contributed by atoms with Crippen molar-refractivity contribution in [2.45, 2.75) is 38.9 Å². The number of nitrogens with zero attached hydrogens (tertiary/aromatic N) is 5. The number of carbonyl (C=O) groups excluding carboxylic acids is 2. The Morgan fingerprint density at radius 1 is 0.842 bits per heavy atom. The van der Waals surface area contributed by atoms with Gasteiger partial charge in [-0.1, -0.05) is 12.1 Å². The Morgan fingerprint density at radius 3 is 1.82 bits per heavy atom. The summed E-state index contributed by atoms with van der Waals surface area (Å²) in [4.78, 5) is 38.7. The van der Waals surface area contributed by atoms with Gasteiger partial charge in [0.1, 0.15) is 5.82 Å². The van der Waals surface area contributed by atoms with Crippen LogP contribution < -0.4 is 26.2 Å². The second-order valence-electron chi connectivity index (χ2n) is 9.56. The predicted octanol–water partition coefficient (Wildman–Crippen LogP) is 3.99. The highest BCUT2D eigenvalue weighted by Crippen LogP contribution is 2.33. The minimum absolute atomic E-state index is 0.219. The molecule has 2 saturated heterocycles. The summed E-state index contributed by atoms with van der Waals surface area (Å²) >= 11 is 0. The van der Waals surface area contributed by atoms with Crippen LogP contribution in [0.15, 0.2) is 54.6 Å². The average Bonchev–Trinajstić information content (AvgIpc) is 3.26. The number of hydrogen-bond acceptors (Lipinski definition) is 6. The topological polar surface area (TPSA) is 131 Å². The van der Waals surface area contributed by atoms with E-state index in [4.69, 9.17) is 26.2 Å². The number of ether oxygens (including phenoxy) is 1. The molecule has 2 aliphatic rings. The van der Waals surface area contributed by atoms with Crippen LogP contribution in [0.25, 0.3) is 22.6 Å². The van der Waals surface area contributed by atoms with Gasteiger partial charge in [0.15, 0.2) is 5.82 Å². The number of primary amides is 2. The van der Waals surface area contributed by atoms with E-state index in [1.54, 1.807) is 0 Å². The lowest BCUT2D eigenvalue weighted by Crippen LogP contribution is -2.43. The van der Waals surface area contributed by atoms with E-state index >= 15 is 0 Å². The first-order valence-corrected chi connectivity index (χ1v) is 13.0. The zero-order valence-corrected chi connectivity index (χ0v) is 21.7. The molecule has 2 bridgehead atoms. The highest BCUT2D eigenvalue weighted by Gasteiger charge is 2.34. The molecule has 2 unspecified atom stereocenters. The van der Waals surface area contributed by atoms with Crippen LogP contribution >= 0.6 is 0 Å². The molecular weight excluding hydrogens is 482 g/mol. The normalized spacial score (nSPS) is 18.3. The van der Waals surface area contributed by atoms with Crippen LogP contribution in [-0.4, -0.2) is 60.4 Å². The Morgan fingerprint density at radius 2 is 1.34 bits per heavy atom. The van der Waals surface area contributed by atoms with Crippen LogP contribution in [-0.2, 0) is 4.74 Å². The summed E-state index contributed by atoms with van der Waals surface area (Å²) in [5.41, 5.74) is 15.0. The van der Waals surface area contributed by atoms with E-state index in [1.165, 1.54) is 9.80 Å². The van der Waals surface area contributed by atoms with E-state index in [0.29, 0.717) is 18.9 Å². The highest BCUT2D eigenvalue weighted by molar-refractivity contribution is 5.91. The fourth-order valence-electron chi connectivity index (χ4n) is 5.21. The van der Waals surface area contributed by atoms with Crippen molar-refractivity contribution in [3.05, 3.63) is 54.6 Å². The number of rotatable bonds is 7. The third kappa shape index (κ3) is 5.12. The molecule has 2 atom stereocenters. The van der Waals surface area contributed by atoms with Crippen LogP contribution in [0.2, 0.25) is 0 Å². The third-order valence-electron chi connectivity index (χ3n) is 7.16. The number of morpholine rings is 1. The number of fused-ring (bicyclic) bond motifs is 2. The number of amides is 4. The van der Waals surface area contributed by atoms with E-state index in [0.717, 1.165) is 59.9 Å². The molecule has 38 heavy (non-hydrogen) atoms. The first-order valence-electron chi connectivity index (χ1n) is 13.0. The van der Waals surface area contributed by atoms with Crippen LogP contribution in [0.3, 0.4) is 0 Å². The lowest BCUT2D eigenvalue weighted by molar-refractivity contribution is 0.0302. The summed E-state index contributed by atoms with van der Waals surface area (Å²) in [5, 5.41) is 0. The maximum atomic E-state index is 11.8. The van der Waals surface area contributed by atoms with Crippen LogP contribution in [0.1, 0.15) is 26.7 Å². The summed E-state index contributed by atoms with van der Waals surface area (Å²) in [7, 11) is 0. The van der Waals surface area contributed by atoms with Crippen LogP contribution in [0, 0.1) is 0 Å². The van der Waals surface area contributed by atoms with Gasteiger partial charge in [-0.15, -0.1) is 0 Å². The summed E-state index contributed by atoms with van der Waals surface area (Å²) < 4.78 is 6.04. The van der Waals surface area contributed by atoms with Gasteiger partial charge in [-0.25, -0.2) is 19.6 Å². The summed E-state index contributed by atoms with van der Waals surface area (Å²) in [5.74, 6) is 1.43. The van der Waals surface area contributed by atoms with Gasteiger partial charge in [0.05, 0.1) is 17.9 Å². The molecule has 0 aliphatic carbocycles. The van der Waals surface area contributed by atoms with Crippen molar-refractivity contribution in [3.63, 3.8) is 0 Å². The number of anilines is 3. The maximum Gasteiger partial charge on any atom is 0.319 e. The van der Waals surface area contributed by atoms with Crippen LogP contribution in [0.4, 0.5) is 26.8 Å². The van der Waals surface area contributed by atoms with Crippen molar-refractivity contribution >= 4 is 29.3 Å². The fourth-order valence-corrected chi connectivity index (χ4v) is 5.21. The monoisotopic (exact) mass is 515 g/mol. The summed E-state index contributed by atoms with van der Waals surface area (Å²) in [6.07, 6.45) is 2.57. The molecule has 10 nitrogen and oxygen atoms in total. The van der Waals surface area contributed by atoms with Gasteiger partial charge in [0.25, 0.3) is 0 Å². The molecule has 2 aliphatic heterocycles. The van der Waals surface area contributed by atoms with Gasteiger partial charge in [-0.2, -0.15) is 0 Å². The first kappa shape index (κ1) is 25.5. The first-order chi connectivity index (χ1) is 18.4. The van der Waals surface area contributed by atoms with E-state index < -0.39 is 12.1 Å². The molecule has 5 rings (SSSR count). The number of urea groups is 2. The molecule has 2 aromatic carbocycles. The van der Waals surface area contributed by atoms with Gasteiger partial charge < -0.3 is 21.1 Å². The van der Waals surface area contributed by atoms with Crippen molar-refractivity contribution in [3.8, 4) is 22.6 Å². The van der Waals surface area contributed by atoms with Crippen molar-refractivity contribution in [2.75, 3.05) is 40.9 Å². The van der Waals surface area contributed by atoms with E-state index in [-0.39, 0.29) is 12.2 Å². The molecular formula is C28H33N7O3. The largest absolute Gasteiger partial charge is 0.371 e. The Hall–Kier alpha value is -4.18. The molecule has 0 radical (unpaired) electrons. The van der Waals surface area contributed by atoms with Crippen molar-refractivity contribution in [1.82, 2.24) is 9.97 Å². The summed E-state index contributed by atoms with van der Waals surface area (Å²) in [6.45, 7) is 6.30.